The Bertz CT molecular complexity index is 978. The Morgan fingerprint density at radius 2 is 2.21 bits per heavy atom. The Hall–Kier alpha value is -2.22. The third kappa shape index (κ3) is 2.91. The average Bonchev–Trinajstić information content (AvgIpc) is 2.92. The van der Waals surface area contributed by atoms with E-state index in [1.807, 2.05) is 24.1 Å². The predicted octanol–water partition coefficient (Wildman–Crippen LogP) is 2.82. The molecule has 0 unspecified atom stereocenters. The molecule has 2 N–H and O–H groups in total. The fraction of sp³-hybridized carbons (Fsp3) is 0.476. The summed E-state index contributed by atoms with van der Waals surface area (Å²) in [5, 5.41) is 13.8. The molecule has 8 heteroatoms. The first-order chi connectivity index (χ1) is 14.0. The number of hydrogen-bond acceptors (Lipinski definition) is 6. The van der Waals surface area contributed by atoms with Crippen LogP contribution in [0, 0.1) is 0 Å². The van der Waals surface area contributed by atoms with Gasteiger partial charge in [0.1, 0.15) is 0 Å². The number of benzene rings is 1. The van der Waals surface area contributed by atoms with Gasteiger partial charge < -0.3 is 20.1 Å². The second-order valence-electron chi connectivity index (χ2n) is 8.08. The molecule has 7 nitrogen and oxygen atoms in total. The number of nitrogens with zero attached hydrogens (tertiary/aromatic N) is 3. The molecular weight excluding hydrogens is 392 g/mol. The van der Waals surface area contributed by atoms with Crippen LogP contribution in [0.2, 0.25) is 5.02 Å². The van der Waals surface area contributed by atoms with Crippen LogP contribution in [0.3, 0.4) is 0 Å². The molecule has 2 aliphatic heterocycles. The van der Waals surface area contributed by atoms with Gasteiger partial charge >= 0.3 is 0 Å². The van der Waals surface area contributed by atoms with Crippen molar-refractivity contribution in [3.8, 4) is 11.3 Å². The summed E-state index contributed by atoms with van der Waals surface area (Å²) in [4.78, 5) is 23.4. The van der Waals surface area contributed by atoms with Crippen molar-refractivity contribution in [2.24, 2.45) is 0 Å². The van der Waals surface area contributed by atoms with E-state index in [0.717, 1.165) is 36.0 Å². The Labute approximate surface area is 174 Å². The summed E-state index contributed by atoms with van der Waals surface area (Å²) in [6.07, 6.45) is 4.73. The van der Waals surface area contributed by atoms with E-state index in [2.05, 4.69) is 21.4 Å². The minimum atomic E-state index is -0.605. The van der Waals surface area contributed by atoms with Crippen molar-refractivity contribution < 1.29 is 14.6 Å². The summed E-state index contributed by atoms with van der Waals surface area (Å²) >= 11 is 6.43. The topological polar surface area (TPSA) is 87.6 Å². The number of amides is 1. The largest absolute Gasteiger partial charge is 0.389 e. The van der Waals surface area contributed by atoms with E-state index in [1.54, 1.807) is 6.20 Å². The summed E-state index contributed by atoms with van der Waals surface area (Å²) in [7, 11) is 1.89. The summed E-state index contributed by atoms with van der Waals surface area (Å²) in [6.45, 7) is 0.885. The maximum Gasteiger partial charge on any atom is 0.254 e. The zero-order valence-corrected chi connectivity index (χ0v) is 16.9. The lowest BCUT2D eigenvalue weighted by molar-refractivity contribution is -0.0136. The fourth-order valence-electron chi connectivity index (χ4n) is 4.63. The zero-order chi connectivity index (χ0) is 20.2. The Kier molecular flexibility index (Phi) is 4.49. The molecule has 3 aliphatic rings. The highest BCUT2D eigenvalue weighted by Gasteiger charge is 2.51. The number of aliphatic hydroxyl groups excluding tert-OH is 1. The molecule has 2 aromatic rings. The van der Waals surface area contributed by atoms with Gasteiger partial charge in [0, 0.05) is 24.8 Å². The van der Waals surface area contributed by atoms with Crippen molar-refractivity contribution in [3.63, 3.8) is 0 Å². The van der Waals surface area contributed by atoms with E-state index in [0.29, 0.717) is 36.3 Å². The molecule has 0 bridgehead atoms. The molecule has 1 amide bonds. The number of anilines is 1. The molecule has 2 fully saturated rings. The van der Waals surface area contributed by atoms with Crippen molar-refractivity contribution in [2.75, 3.05) is 25.6 Å². The van der Waals surface area contributed by atoms with Crippen molar-refractivity contribution >= 4 is 23.5 Å². The van der Waals surface area contributed by atoms with E-state index < -0.39 is 6.10 Å². The standard InChI is InChI=1S/C21H23ClN4O3/c1-26-19(28)13-4-3-12(9-14(13)21(26)6-2-7-21)18-15(22)10-23-20(25-18)24-16-5-8-29-11-17(16)27/h3-4,9-10,16-17,27H,2,5-8,11H2,1H3,(H,23,24,25)/t16-,17-/m1/s1. The summed E-state index contributed by atoms with van der Waals surface area (Å²) in [6, 6.07) is 5.66. The molecule has 1 aliphatic carbocycles. The van der Waals surface area contributed by atoms with E-state index >= 15 is 0 Å². The molecule has 1 saturated carbocycles. The van der Waals surface area contributed by atoms with Crippen molar-refractivity contribution in [1.82, 2.24) is 14.9 Å². The number of fused-ring (bicyclic) bond motifs is 2. The van der Waals surface area contributed by atoms with Gasteiger partial charge in [-0.25, -0.2) is 9.97 Å². The number of aliphatic hydroxyl groups is 1. The predicted molar refractivity (Wildman–Crippen MR) is 109 cm³/mol. The van der Waals surface area contributed by atoms with Crippen LogP contribution in [0.25, 0.3) is 11.3 Å². The van der Waals surface area contributed by atoms with Gasteiger partial charge in [-0.15, -0.1) is 0 Å². The third-order valence-corrected chi connectivity index (χ3v) is 6.81. The first-order valence-corrected chi connectivity index (χ1v) is 10.4. The monoisotopic (exact) mass is 414 g/mol. The molecule has 29 heavy (non-hydrogen) atoms. The van der Waals surface area contributed by atoms with Crippen LogP contribution in [0.15, 0.2) is 24.4 Å². The number of nitrogens with one attached hydrogen (secondary N) is 1. The number of carbonyl (C=O) groups is 1. The summed E-state index contributed by atoms with van der Waals surface area (Å²) in [5.41, 5.74) is 3.13. The van der Waals surface area contributed by atoms with Crippen LogP contribution in [-0.4, -0.2) is 58.3 Å². The van der Waals surface area contributed by atoms with E-state index in [9.17, 15) is 9.90 Å². The van der Waals surface area contributed by atoms with Crippen molar-refractivity contribution in [3.05, 3.63) is 40.5 Å². The smallest absolute Gasteiger partial charge is 0.254 e. The van der Waals surface area contributed by atoms with Gasteiger partial charge in [-0.05, 0) is 43.4 Å². The van der Waals surface area contributed by atoms with Gasteiger partial charge in [0.15, 0.2) is 0 Å². The lowest BCUT2D eigenvalue weighted by Crippen LogP contribution is -2.46. The normalized spacial score (nSPS) is 25.1. The van der Waals surface area contributed by atoms with Crippen LogP contribution >= 0.6 is 11.6 Å². The summed E-state index contributed by atoms with van der Waals surface area (Å²) in [5.74, 6) is 0.498. The highest BCUT2D eigenvalue weighted by atomic mass is 35.5. The van der Waals surface area contributed by atoms with E-state index in [4.69, 9.17) is 16.3 Å². The maximum absolute atomic E-state index is 12.7. The van der Waals surface area contributed by atoms with Crippen LogP contribution in [-0.2, 0) is 10.3 Å². The molecule has 1 spiro atoms. The Morgan fingerprint density at radius 1 is 1.38 bits per heavy atom. The molecule has 152 valence electrons. The second kappa shape index (κ2) is 6.93. The lowest BCUT2D eigenvalue weighted by atomic mass is 9.71. The molecular formula is C21H23ClN4O3. The molecule has 3 heterocycles. The number of carbonyl (C=O) groups excluding carboxylic acids is 1. The van der Waals surface area contributed by atoms with Gasteiger partial charge in [-0.1, -0.05) is 17.7 Å². The quantitative estimate of drug-likeness (QED) is 0.803. The van der Waals surface area contributed by atoms with Gasteiger partial charge in [-0.3, -0.25) is 4.79 Å². The lowest BCUT2D eigenvalue weighted by Gasteiger charge is -2.44. The van der Waals surface area contributed by atoms with Gasteiger partial charge in [0.05, 0.1) is 41.2 Å². The first-order valence-electron chi connectivity index (χ1n) is 9.97. The Morgan fingerprint density at radius 3 is 2.93 bits per heavy atom. The minimum Gasteiger partial charge on any atom is -0.389 e. The van der Waals surface area contributed by atoms with Crippen molar-refractivity contribution in [1.29, 1.82) is 0 Å². The molecule has 1 aromatic carbocycles. The third-order valence-electron chi connectivity index (χ3n) is 6.54. The SMILES string of the molecule is CN1C(=O)c2ccc(-c3nc(N[C@@H]4CCOC[C@H]4O)ncc3Cl)cc2C12CCC2. The van der Waals surface area contributed by atoms with E-state index in [-0.39, 0.29) is 17.5 Å². The zero-order valence-electron chi connectivity index (χ0n) is 16.2. The highest BCUT2D eigenvalue weighted by Crippen LogP contribution is 2.52. The van der Waals surface area contributed by atoms with Crippen LogP contribution in [0.5, 0.6) is 0 Å². The van der Waals surface area contributed by atoms with Gasteiger partial charge in [0.25, 0.3) is 5.91 Å². The van der Waals surface area contributed by atoms with Crippen LogP contribution in [0.4, 0.5) is 5.95 Å². The average molecular weight is 415 g/mol. The number of hydrogen-bond donors (Lipinski definition) is 2. The number of halogens is 1. The minimum absolute atomic E-state index is 0.0795. The highest BCUT2D eigenvalue weighted by molar-refractivity contribution is 6.32. The molecule has 0 radical (unpaired) electrons. The molecule has 1 saturated heterocycles. The van der Waals surface area contributed by atoms with Crippen LogP contribution < -0.4 is 5.32 Å². The number of ether oxygens (including phenoxy) is 1. The molecule has 2 atom stereocenters. The van der Waals surface area contributed by atoms with E-state index in [1.165, 1.54) is 0 Å². The second-order valence-corrected chi connectivity index (χ2v) is 8.49. The Balaban J connectivity index is 1.50. The van der Waals surface area contributed by atoms with Crippen molar-refractivity contribution in [2.45, 2.75) is 43.4 Å². The number of rotatable bonds is 3. The molecule has 5 rings (SSSR count). The van der Waals surface area contributed by atoms with Crippen LogP contribution in [0.1, 0.15) is 41.6 Å². The molecule has 1 aromatic heterocycles. The number of aromatic nitrogens is 2. The van der Waals surface area contributed by atoms with Gasteiger partial charge in [-0.2, -0.15) is 0 Å². The fourth-order valence-corrected chi connectivity index (χ4v) is 4.83. The van der Waals surface area contributed by atoms with Gasteiger partial charge in [0.2, 0.25) is 5.95 Å². The first kappa shape index (κ1) is 18.8. The maximum atomic E-state index is 12.7. The summed E-state index contributed by atoms with van der Waals surface area (Å²) < 4.78 is 5.27.